The number of amides is 1. The molecule has 1 amide bonds. The number of carbonyl (C=O) groups is 1. The van der Waals surface area contributed by atoms with Crippen molar-refractivity contribution in [2.75, 3.05) is 6.54 Å². The lowest BCUT2D eigenvalue weighted by atomic mass is 10.2. The smallest absolute Gasteiger partial charge is 0.251 e. The first-order valence-electron chi connectivity index (χ1n) is 5.11. The van der Waals surface area contributed by atoms with Crippen molar-refractivity contribution in [2.45, 2.75) is 6.54 Å². The average molecular weight is 251 g/mol. The van der Waals surface area contributed by atoms with Crippen LogP contribution in [-0.2, 0) is 6.54 Å². The Morgan fingerprint density at radius 3 is 3.06 bits per heavy atom. The van der Waals surface area contributed by atoms with Crippen molar-refractivity contribution in [3.8, 4) is 0 Å². The molecule has 0 fully saturated rings. The minimum absolute atomic E-state index is 0.158. The molecule has 2 aromatic rings. The standard InChI is InChI=1S/C11H11ClN4O/c12-10-7-9(1-2-14-10)11(17)15-4-6-16-5-3-13-8-16/h1-3,5,7-8H,4,6H2,(H,15,17). The average Bonchev–Trinajstić information content (AvgIpc) is 2.82. The second-order valence-electron chi connectivity index (χ2n) is 3.42. The van der Waals surface area contributed by atoms with Gasteiger partial charge in [-0.15, -0.1) is 0 Å². The van der Waals surface area contributed by atoms with Gasteiger partial charge in [-0.2, -0.15) is 0 Å². The van der Waals surface area contributed by atoms with Crippen LogP contribution < -0.4 is 5.32 Å². The topological polar surface area (TPSA) is 59.8 Å². The first-order chi connectivity index (χ1) is 8.25. The van der Waals surface area contributed by atoms with Gasteiger partial charge in [0.2, 0.25) is 0 Å². The van der Waals surface area contributed by atoms with Gasteiger partial charge in [-0.1, -0.05) is 11.6 Å². The van der Waals surface area contributed by atoms with Crippen molar-refractivity contribution in [2.24, 2.45) is 0 Å². The summed E-state index contributed by atoms with van der Waals surface area (Å²) in [5, 5.41) is 3.10. The summed E-state index contributed by atoms with van der Waals surface area (Å²) in [5.74, 6) is -0.158. The summed E-state index contributed by atoms with van der Waals surface area (Å²) in [4.78, 5) is 19.4. The van der Waals surface area contributed by atoms with Crippen LogP contribution in [0.25, 0.3) is 0 Å². The molecule has 1 N–H and O–H groups in total. The molecule has 0 aliphatic heterocycles. The van der Waals surface area contributed by atoms with Crippen molar-refractivity contribution in [3.63, 3.8) is 0 Å². The van der Waals surface area contributed by atoms with Gasteiger partial charge in [-0.05, 0) is 12.1 Å². The van der Waals surface area contributed by atoms with Crippen molar-refractivity contribution in [3.05, 3.63) is 47.8 Å². The van der Waals surface area contributed by atoms with E-state index in [9.17, 15) is 4.79 Å². The van der Waals surface area contributed by atoms with E-state index in [1.54, 1.807) is 18.6 Å². The summed E-state index contributed by atoms with van der Waals surface area (Å²) >= 11 is 5.70. The SMILES string of the molecule is O=C(NCCn1ccnc1)c1ccnc(Cl)c1. The molecule has 0 aliphatic rings. The van der Waals surface area contributed by atoms with Gasteiger partial charge >= 0.3 is 0 Å². The minimum atomic E-state index is -0.158. The Hall–Kier alpha value is -1.88. The molecule has 6 heteroatoms. The molecular formula is C11H11ClN4O. The Bertz CT molecular complexity index is 498. The van der Waals surface area contributed by atoms with Crippen LogP contribution in [0.15, 0.2) is 37.1 Å². The van der Waals surface area contributed by atoms with Crippen LogP contribution in [-0.4, -0.2) is 27.0 Å². The Morgan fingerprint density at radius 2 is 2.35 bits per heavy atom. The predicted octanol–water partition coefficient (Wildman–Crippen LogP) is 1.36. The highest BCUT2D eigenvalue weighted by molar-refractivity contribution is 6.29. The van der Waals surface area contributed by atoms with E-state index in [2.05, 4.69) is 15.3 Å². The number of hydrogen-bond acceptors (Lipinski definition) is 3. The Kier molecular flexibility index (Phi) is 3.72. The zero-order valence-corrected chi connectivity index (χ0v) is 9.76. The largest absolute Gasteiger partial charge is 0.350 e. The van der Waals surface area contributed by atoms with Gasteiger partial charge in [0.25, 0.3) is 5.91 Å². The maximum Gasteiger partial charge on any atom is 0.251 e. The fourth-order valence-electron chi connectivity index (χ4n) is 1.36. The van der Waals surface area contributed by atoms with Crippen molar-refractivity contribution < 1.29 is 4.79 Å². The zero-order chi connectivity index (χ0) is 12.1. The summed E-state index contributed by atoms with van der Waals surface area (Å²) < 4.78 is 1.89. The van der Waals surface area contributed by atoms with Gasteiger partial charge in [0.05, 0.1) is 6.33 Å². The molecule has 0 bridgehead atoms. The van der Waals surface area contributed by atoms with Crippen LogP contribution in [0.2, 0.25) is 5.15 Å². The lowest BCUT2D eigenvalue weighted by Gasteiger charge is -2.05. The number of nitrogens with zero attached hydrogens (tertiary/aromatic N) is 3. The zero-order valence-electron chi connectivity index (χ0n) is 9.01. The molecular weight excluding hydrogens is 240 g/mol. The molecule has 0 saturated heterocycles. The molecule has 5 nitrogen and oxygen atoms in total. The molecule has 0 radical (unpaired) electrons. The van der Waals surface area contributed by atoms with E-state index in [-0.39, 0.29) is 5.91 Å². The molecule has 0 spiro atoms. The predicted molar refractivity (Wildman–Crippen MR) is 63.8 cm³/mol. The van der Waals surface area contributed by atoms with Gasteiger partial charge in [0, 0.05) is 37.2 Å². The van der Waals surface area contributed by atoms with Gasteiger partial charge in [0.15, 0.2) is 0 Å². The normalized spacial score (nSPS) is 10.2. The van der Waals surface area contributed by atoms with Crippen LogP contribution in [0.4, 0.5) is 0 Å². The van der Waals surface area contributed by atoms with Crippen LogP contribution in [0.5, 0.6) is 0 Å². The van der Waals surface area contributed by atoms with Gasteiger partial charge < -0.3 is 9.88 Å². The second-order valence-corrected chi connectivity index (χ2v) is 3.81. The summed E-state index contributed by atoms with van der Waals surface area (Å²) in [6.07, 6.45) is 6.75. The van der Waals surface area contributed by atoms with Crippen molar-refractivity contribution in [1.82, 2.24) is 19.9 Å². The highest BCUT2D eigenvalue weighted by atomic mass is 35.5. The monoisotopic (exact) mass is 250 g/mol. The van der Waals surface area contributed by atoms with Crippen LogP contribution in [0, 0.1) is 0 Å². The lowest BCUT2D eigenvalue weighted by molar-refractivity contribution is 0.0952. The highest BCUT2D eigenvalue weighted by Gasteiger charge is 2.05. The number of hydrogen-bond donors (Lipinski definition) is 1. The number of pyridine rings is 1. The third kappa shape index (κ3) is 3.29. The summed E-state index contributed by atoms with van der Waals surface area (Å²) in [6.45, 7) is 1.22. The van der Waals surface area contributed by atoms with Gasteiger partial charge in [-0.25, -0.2) is 9.97 Å². The number of halogens is 1. The van der Waals surface area contributed by atoms with Gasteiger partial charge in [0.1, 0.15) is 5.15 Å². The molecule has 2 heterocycles. The summed E-state index contributed by atoms with van der Waals surface area (Å²) in [7, 11) is 0. The first kappa shape index (κ1) is 11.6. The molecule has 0 unspecified atom stereocenters. The van der Waals surface area contributed by atoms with Crippen LogP contribution in [0.1, 0.15) is 10.4 Å². The summed E-state index contributed by atoms with van der Waals surface area (Å²) in [6, 6.07) is 3.16. The highest BCUT2D eigenvalue weighted by Crippen LogP contribution is 2.06. The molecule has 0 aromatic carbocycles. The van der Waals surface area contributed by atoms with E-state index in [1.807, 2.05) is 10.8 Å². The minimum Gasteiger partial charge on any atom is -0.350 e. The molecule has 0 saturated carbocycles. The fraction of sp³-hybridized carbons (Fsp3) is 0.182. The molecule has 0 aliphatic carbocycles. The molecule has 88 valence electrons. The molecule has 0 atom stereocenters. The maximum absolute atomic E-state index is 11.7. The van der Waals surface area contributed by atoms with E-state index >= 15 is 0 Å². The quantitative estimate of drug-likeness (QED) is 0.834. The summed E-state index contributed by atoms with van der Waals surface area (Å²) in [5.41, 5.74) is 0.510. The lowest BCUT2D eigenvalue weighted by Crippen LogP contribution is -2.26. The Morgan fingerprint density at radius 1 is 1.47 bits per heavy atom. The fourth-order valence-corrected chi connectivity index (χ4v) is 1.54. The molecule has 2 aromatic heterocycles. The van der Waals surface area contributed by atoms with Gasteiger partial charge in [-0.3, -0.25) is 4.79 Å². The number of aromatic nitrogens is 3. The number of nitrogens with one attached hydrogen (secondary N) is 1. The third-order valence-corrected chi connectivity index (χ3v) is 2.41. The van der Waals surface area contributed by atoms with E-state index in [1.165, 1.54) is 12.3 Å². The maximum atomic E-state index is 11.7. The van der Waals surface area contributed by atoms with E-state index in [0.717, 1.165) is 0 Å². The van der Waals surface area contributed by atoms with E-state index in [0.29, 0.717) is 23.8 Å². The molecule has 17 heavy (non-hydrogen) atoms. The second kappa shape index (κ2) is 5.45. The third-order valence-electron chi connectivity index (χ3n) is 2.20. The van der Waals surface area contributed by atoms with E-state index in [4.69, 9.17) is 11.6 Å². The molecule has 2 rings (SSSR count). The van der Waals surface area contributed by atoms with Crippen molar-refractivity contribution in [1.29, 1.82) is 0 Å². The number of carbonyl (C=O) groups excluding carboxylic acids is 1. The number of rotatable bonds is 4. The van der Waals surface area contributed by atoms with Crippen molar-refractivity contribution >= 4 is 17.5 Å². The van der Waals surface area contributed by atoms with Crippen LogP contribution >= 0.6 is 11.6 Å². The Labute approximate surface area is 103 Å². The Balaban J connectivity index is 1.85. The number of imidazole rings is 1. The van der Waals surface area contributed by atoms with Crippen LogP contribution in [0.3, 0.4) is 0 Å². The first-order valence-corrected chi connectivity index (χ1v) is 5.49. The van der Waals surface area contributed by atoms with E-state index < -0.39 is 0 Å².